The molecule has 0 radical (unpaired) electrons. The first-order valence-electron chi connectivity index (χ1n) is 11.0. The first kappa shape index (κ1) is 20.7. The molecule has 0 unspecified atom stereocenters. The van der Waals surface area contributed by atoms with E-state index in [0.717, 1.165) is 51.3 Å². The van der Waals surface area contributed by atoms with E-state index in [2.05, 4.69) is 36.1 Å². The van der Waals surface area contributed by atoms with Crippen LogP contribution < -0.4 is 10.3 Å². The van der Waals surface area contributed by atoms with E-state index in [1.807, 2.05) is 11.0 Å². The number of methoxy groups -OCH3 is 1. The van der Waals surface area contributed by atoms with Gasteiger partial charge >= 0.3 is 0 Å². The highest BCUT2D eigenvalue weighted by atomic mass is 16.5. The zero-order valence-electron chi connectivity index (χ0n) is 18.0. The molecule has 0 N–H and O–H groups in total. The monoisotopic (exact) mass is 409 g/mol. The Bertz CT molecular complexity index is 948. The molecule has 0 bridgehead atoms. The van der Waals surface area contributed by atoms with Gasteiger partial charge in [0, 0.05) is 57.4 Å². The van der Waals surface area contributed by atoms with Crippen molar-refractivity contribution in [3.8, 4) is 5.75 Å². The molecule has 1 aromatic carbocycles. The Morgan fingerprint density at radius 1 is 1.07 bits per heavy atom. The first-order chi connectivity index (χ1) is 14.6. The van der Waals surface area contributed by atoms with Crippen molar-refractivity contribution < 1.29 is 9.53 Å². The van der Waals surface area contributed by atoms with E-state index in [1.54, 1.807) is 4.57 Å². The van der Waals surface area contributed by atoms with E-state index >= 15 is 0 Å². The molecule has 0 saturated carbocycles. The summed E-state index contributed by atoms with van der Waals surface area (Å²) in [5.41, 5.74) is 2.64. The molecule has 6 nitrogen and oxygen atoms in total. The lowest BCUT2D eigenvalue weighted by molar-refractivity contribution is 0.0787. The van der Waals surface area contributed by atoms with Crippen LogP contribution in [0.3, 0.4) is 0 Å². The quantitative estimate of drug-likeness (QED) is 0.762. The fourth-order valence-corrected chi connectivity index (χ4v) is 4.72. The summed E-state index contributed by atoms with van der Waals surface area (Å²) in [5.74, 6) is 0.817. The standard InChI is InChI=1S/C24H31N3O3/c1-18(19-8-4-3-5-9-19)17-25-13-10-20-23(24(29)26-11-6-7-12-26)21(30-2)16-22(28)27(20)15-14-25/h3-5,8-9,16,18H,6-7,10-15,17H2,1-2H3/t18-/m1/s1. The largest absolute Gasteiger partial charge is 0.496 e. The number of likely N-dealkylation sites (tertiary alicyclic amines) is 1. The van der Waals surface area contributed by atoms with Gasteiger partial charge in [0.2, 0.25) is 0 Å². The van der Waals surface area contributed by atoms with Gasteiger partial charge in [-0.3, -0.25) is 9.59 Å². The highest BCUT2D eigenvalue weighted by molar-refractivity contribution is 5.98. The third-order valence-corrected chi connectivity index (χ3v) is 6.41. The number of fused-ring (bicyclic) bond motifs is 1. The molecule has 30 heavy (non-hydrogen) atoms. The van der Waals surface area contributed by atoms with Crippen LogP contribution >= 0.6 is 0 Å². The van der Waals surface area contributed by atoms with Gasteiger partial charge < -0.3 is 19.1 Å². The predicted molar refractivity (Wildman–Crippen MR) is 117 cm³/mol. The second-order valence-electron chi connectivity index (χ2n) is 8.39. The average molecular weight is 410 g/mol. The Morgan fingerprint density at radius 3 is 2.50 bits per heavy atom. The number of carbonyl (C=O) groups is 1. The lowest BCUT2D eigenvalue weighted by Crippen LogP contribution is -2.33. The molecule has 4 rings (SSSR count). The van der Waals surface area contributed by atoms with Crippen molar-refractivity contribution in [3.63, 3.8) is 0 Å². The van der Waals surface area contributed by atoms with E-state index < -0.39 is 0 Å². The van der Waals surface area contributed by atoms with Crippen molar-refractivity contribution in [3.05, 3.63) is 63.6 Å². The summed E-state index contributed by atoms with van der Waals surface area (Å²) < 4.78 is 7.28. The zero-order valence-corrected chi connectivity index (χ0v) is 18.0. The second-order valence-corrected chi connectivity index (χ2v) is 8.39. The molecule has 1 amide bonds. The van der Waals surface area contributed by atoms with Crippen LogP contribution in [-0.2, 0) is 13.0 Å². The maximum Gasteiger partial charge on any atom is 0.259 e. The van der Waals surface area contributed by atoms with Crippen molar-refractivity contribution in [1.29, 1.82) is 0 Å². The third-order valence-electron chi connectivity index (χ3n) is 6.41. The number of nitrogens with zero attached hydrogens (tertiary/aromatic N) is 3. The highest BCUT2D eigenvalue weighted by Crippen LogP contribution is 2.26. The van der Waals surface area contributed by atoms with E-state index in [0.29, 0.717) is 30.2 Å². The van der Waals surface area contributed by atoms with Crippen LogP contribution in [0.5, 0.6) is 5.75 Å². The van der Waals surface area contributed by atoms with E-state index in [-0.39, 0.29) is 11.5 Å². The molecular formula is C24H31N3O3. The molecule has 2 aliphatic heterocycles. The second kappa shape index (κ2) is 9.04. The fraction of sp³-hybridized carbons (Fsp3) is 0.500. The summed E-state index contributed by atoms with van der Waals surface area (Å²) in [6.45, 7) is 6.95. The lowest BCUT2D eigenvalue weighted by Gasteiger charge is -2.24. The number of hydrogen-bond donors (Lipinski definition) is 0. The summed E-state index contributed by atoms with van der Waals surface area (Å²) in [6.07, 6.45) is 2.74. The van der Waals surface area contributed by atoms with Crippen molar-refractivity contribution in [2.75, 3.05) is 39.8 Å². The Labute approximate surface area is 178 Å². The normalized spacial score (nSPS) is 18.0. The van der Waals surface area contributed by atoms with E-state index in [4.69, 9.17) is 4.74 Å². The maximum absolute atomic E-state index is 13.3. The van der Waals surface area contributed by atoms with Gasteiger partial charge in [0.15, 0.2) is 0 Å². The van der Waals surface area contributed by atoms with Crippen LogP contribution in [0.25, 0.3) is 0 Å². The summed E-state index contributed by atoms with van der Waals surface area (Å²) in [7, 11) is 1.54. The summed E-state index contributed by atoms with van der Waals surface area (Å²) in [4.78, 5) is 30.4. The third kappa shape index (κ3) is 4.15. The Kier molecular flexibility index (Phi) is 6.23. The Hall–Kier alpha value is -2.60. The number of ether oxygens (including phenoxy) is 1. The molecule has 0 aliphatic carbocycles. The maximum atomic E-state index is 13.3. The van der Waals surface area contributed by atoms with Gasteiger partial charge in [0.05, 0.1) is 7.11 Å². The SMILES string of the molecule is COc1cc(=O)n2c(c1C(=O)N1CCCC1)CCN(C[C@@H](C)c1ccccc1)CC2. The van der Waals surface area contributed by atoms with E-state index in [1.165, 1.54) is 18.7 Å². The molecule has 0 spiro atoms. The minimum atomic E-state index is -0.0854. The smallest absolute Gasteiger partial charge is 0.259 e. The van der Waals surface area contributed by atoms with Crippen LogP contribution in [0.2, 0.25) is 0 Å². The van der Waals surface area contributed by atoms with Crippen molar-refractivity contribution in [2.45, 2.75) is 38.6 Å². The van der Waals surface area contributed by atoms with Crippen LogP contribution in [0, 0.1) is 0 Å². The lowest BCUT2D eigenvalue weighted by atomic mass is 10.0. The number of hydrogen-bond acceptors (Lipinski definition) is 4. The first-order valence-corrected chi connectivity index (χ1v) is 11.0. The number of amides is 1. The average Bonchev–Trinajstić information content (AvgIpc) is 3.23. The van der Waals surface area contributed by atoms with Crippen molar-refractivity contribution in [1.82, 2.24) is 14.4 Å². The summed E-state index contributed by atoms with van der Waals surface area (Å²) >= 11 is 0. The molecule has 1 saturated heterocycles. The Balaban J connectivity index is 1.59. The summed E-state index contributed by atoms with van der Waals surface area (Å²) in [5, 5.41) is 0. The van der Waals surface area contributed by atoms with Gasteiger partial charge in [-0.25, -0.2) is 0 Å². The van der Waals surface area contributed by atoms with Gasteiger partial charge in [-0.1, -0.05) is 37.3 Å². The molecule has 1 fully saturated rings. The minimum Gasteiger partial charge on any atom is -0.496 e. The summed E-state index contributed by atoms with van der Waals surface area (Å²) in [6, 6.07) is 12.0. The van der Waals surface area contributed by atoms with Crippen LogP contribution in [-0.4, -0.2) is 60.1 Å². The van der Waals surface area contributed by atoms with Gasteiger partial charge in [0.1, 0.15) is 11.3 Å². The topological polar surface area (TPSA) is 54.8 Å². The van der Waals surface area contributed by atoms with Gasteiger partial charge in [0.25, 0.3) is 11.5 Å². The molecule has 3 heterocycles. The van der Waals surface area contributed by atoms with Crippen molar-refractivity contribution in [2.24, 2.45) is 0 Å². The van der Waals surface area contributed by atoms with Crippen LogP contribution in [0.1, 0.15) is 47.3 Å². The predicted octanol–water partition coefficient (Wildman–Crippen LogP) is 2.75. The zero-order chi connectivity index (χ0) is 21.1. The number of carbonyl (C=O) groups excluding carboxylic acids is 1. The minimum absolute atomic E-state index is 0.000737. The molecule has 160 valence electrons. The van der Waals surface area contributed by atoms with Crippen molar-refractivity contribution >= 4 is 5.91 Å². The number of pyridine rings is 1. The van der Waals surface area contributed by atoms with Gasteiger partial charge in [-0.2, -0.15) is 0 Å². The van der Waals surface area contributed by atoms with Gasteiger partial charge in [-0.15, -0.1) is 0 Å². The number of rotatable bonds is 5. The molecule has 1 atom stereocenters. The van der Waals surface area contributed by atoms with Gasteiger partial charge in [-0.05, 0) is 24.3 Å². The molecule has 1 aromatic heterocycles. The fourth-order valence-electron chi connectivity index (χ4n) is 4.72. The highest BCUT2D eigenvalue weighted by Gasteiger charge is 2.29. The number of benzene rings is 1. The van der Waals surface area contributed by atoms with E-state index in [9.17, 15) is 9.59 Å². The van der Waals surface area contributed by atoms with Crippen LogP contribution in [0.15, 0.2) is 41.2 Å². The molecular weight excluding hydrogens is 378 g/mol. The molecule has 2 aromatic rings. The van der Waals surface area contributed by atoms with Crippen LogP contribution in [0.4, 0.5) is 0 Å². The Morgan fingerprint density at radius 2 is 1.80 bits per heavy atom. The molecule has 2 aliphatic rings. The number of aromatic nitrogens is 1. The molecule has 6 heteroatoms.